The van der Waals surface area contributed by atoms with Gasteiger partial charge in [-0.2, -0.15) is 0 Å². The molecule has 0 unspecified atom stereocenters. The molecule has 2 aromatic rings. The molecule has 138 valence electrons. The lowest BCUT2D eigenvalue weighted by atomic mass is 9.95. The van der Waals surface area contributed by atoms with Crippen molar-refractivity contribution < 1.29 is 14.3 Å². The first-order chi connectivity index (χ1) is 12.6. The normalized spacial score (nSPS) is 14.4. The van der Waals surface area contributed by atoms with E-state index in [-0.39, 0.29) is 11.4 Å². The summed E-state index contributed by atoms with van der Waals surface area (Å²) in [6, 6.07) is 14.0. The van der Waals surface area contributed by atoms with E-state index >= 15 is 0 Å². The highest BCUT2D eigenvalue weighted by Gasteiger charge is 2.44. The van der Waals surface area contributed by atoms with Crippen LogP contribution in [0.25, 0.3) is 0 Å². The van der Waals surface area contributed by atoms with Gasteiger partial charge in [0.1, 0.15) is 0 Å². The molecule has 0 spiro atoms. The molecule has 1 saturated carbocycles. The van der Waals surface area contributed by atoms with Crippen LogP contribution >= 0.6 is 0 Å². The molecule has 3 rings (SSSR count). The lowest BCUT2D eigenvalue weighted by Crippen LogP contribution is -2.39. The summed E-state index contributed by atoms with van der Waals surface area (Å²) in [7, 11) is 3.27. The van der Waals surface area contributed by atoms with Gasteiger partial charge in [-0.3, -0.25) is 0 Å². The predicted octanol–water partition coefficient (Wildman–Crippen LogP) is 3.54. The number of methoxy groups -OCH3 is 2. The zero-order chi connectivity index (χ0) is 18.6. The third kappa shape index (κ3) is 4.10. The highest BCUT2D eigenvalue weighted by molar-refractivity contribution is 5.74. The molecule has 2 amide bonds. The van der Waals surface area contributed by atoms with Crippen molar-refractivity contribution in [3.63, 3.8) is 0 Å². The van der Waals surface area contributed by atoms with Crippen LogP contribution in [0.5, 0.6) is 11.5 Å². The molecule has 5 heteroatoms. The largest absolute Gasteiger partial charge is 0.493 e. The Balaban J connectivity index is 1.55. The molecule has 0 heterocycles. The van der Waals surface area contributed by atoms with E-state index in [9.17, 15) is 4.79 Å². The van der Waals surface area contributed by atoms with Gasteiger partial charge in [-0.25, -0.2) is 4.79 Å². The average Bonchev–Trinajstić information content (AvgIpc) is 3.46. The summed E-state index contributed by atoms with van der Waals surface area (Å²) in [5.41, 5.74) is 3.48. The van der Waals surface area contributed by atoms with E-state index in [0.717, 1.165) is 29.9 Å². The molecule has 1 fully saturated rings. The number of rotatable bonds is 7. The van der Waals surface area contributed by atoms with Crippen molar-refractivity contribution in [2.24, 2.45) is 0 Å². The van der Waals surface area contributed by atoms with Crippen LogP contribution in [0.3, 0.4) is 0 Å². The quantitative estimate of drug-likeness (QED) is 0.799. The topological polar surface area (TPSA) is 59.6 Å². The second-order valence-electron chi connectivity index (χ2n) is 6.87. The lowest BCUT2D eigenvalue weighted by Gasteiger charge is -2.19. The molecule has 5 nitrogen and oxygen atoms in total. The van der Waals surface area contributed by atoms with E-state index in [1.165, 1.54) is 11.1 Å². The number of nitrogens with one attached hydrogen (secondary N) is 2. The summed E-state index contributed by atoms with van der Waals surface area (Å²) in [5.74, 6) is 1.44. The number of carbonyl (C=O) groups is 1. The average molecular weight is 354 g/mol. The van der Waals surface area contributed by atoms with Gasteiger partial charge in [-0.15, -0.1) is 0 Å². The van der Waals surface area contributed by atoms with Crippen LogP contribution < -0.4 is 20.1 Å². The SMILES string of the molecule is COc1ccc(C2(CNC(=O)NCc3ccc(C)cc3)CC2)cc1OC. The third-order valence-electron chi connectivity index (χ3n) is 5.01. The summed E-state index contributed by atoms with van der Waals surface area (Å²) in [4.78, 5) is 12.1. The van der Waals surface area contributed by atoms with Gasteiger partial charge >= 0.3 is 6.03 Å². The van der Waals surface area contributed by atoms with E-state index in [4.69, 9.17) is 9.47 Å². The zero-order valence-corrected chi connectivity index (χ0v) is 15.6. The third-order valence-corrected chi connectivity index (χ3v) is 5.01. The predicted molar refractivity (Wildman–Crippen MR) is 102 cm³/mol. The van der Waals surface area contributed by atoms with E-state index in [2.05, 4.69) is 16.7 Å². The zero-order valence-electron chi connectivity index (χ0n) is 15.6. The fourth-order valence-electron chi connectivity index (χ4n) is 3.08. The Morgan fingerprint density at radius 3 is 2.31 bits per heavy atom. The van der Waals surface area contributed by atoms with Gasteiger partial charge < -0.3 is 20.1 Å². The van der Waals surface area contributed by atoms with Gasteiger partial charge in [0.05, 0.1) is 14.2 Å². The van der Waals surface area contributed by atoms with Gasteiger partial charge in [0.2, 0.25) is 0 Å². The molecular weight excluding hydrogens is 328 g/mol. The summed E-state index contributed by atoms with van der Waals surface area (Å²) in [6.07, 6.45) is 2.11. The number of amides is 2. The summed E-state index contributed by atoms with van der Waals surface area (Å²) in [5, 5.41) is 5.93. The van der Waals surface area contributed by atoms with Crippen molar-refractivity contribution in [2.45, 2.75) is 31.7 Å². The number of hydrogen-bond acceptors (Lipinski definition) is 3. The summed E-state index contributed by atoms with van der Waals surface area (Å²) >= 11 is 0. The smallest absolute Gasteiger partial charge is 0.315 e. The molecule has 0 radical (unpaired) electrons. The number of benzene rings is 2. The number of hydrogen-bond donors (Lipinski definition) is 2. The van der Waals surface area contributed by atoms with Crippen LogP contribution in [0.1, 0.15) is 29.5 Å². The Morgan fingerprint density at radius 2 is 1.69 bits per heavy atom. The Bertz CT molecular complexity index is 767. The maximum Gasteiger partial charge on any atom is 0.315 e. The molecule has 0 aliphatic heterocycles. The van der Waals surface area contributed by atoms with Gasteiger partial charge in [0.25, 0.3) is 0 Å². The fourth-order valence-corrected chi connectivity index (χ4v) is 3.08. The standard InChI is InChI=1S/C21H26N2O3/c1-15-4-6-16(7-5-15)13-22-20(24)23-14-21(10-11-21)17-8-9-18(25-2)19(12-17)26-3/h4-9,12H,10-11,13-14H2,1-3H3,(H2,22,23,24). The maximum absolute atomic E-state index is 12.1. The Labute approximate surface area is 154 Å². The molecule has 2 aromatic carbocycles. The van der Waals surface area contributed by atoms with Crippen LogP contribution in [0.2, 0.25) is 0 Å². The molecule has 0 saturated heterocycles. The Hall–Kier alpha value is -2.69. The maximum atomic E-state index is 12.1. The molecule has 1 aliphatic carbocycles. The number of carbonyl (C=O) groups excluding carboxylic acids is 1. The van der Waals surface area contributed by atoms with E-state index in [1.807, 2.05) is 43.3 Å². The minimum Gasteiger partial charge on any atom is -0.493 e. The second kappa shape index (κ2) is 7.68. The van der Waals surface area contributed by atoms with Crippen LogP contribution in [0.15, 0.2) is 42.5 Å². The lowest BCUT2D eigenvalue weighted by molar-refractivity contribution is 0.239. The molecule has 1 aliphatic rings. The van der Waals surface area contributed by atoms with Crippen LogP contribution in [-0.2, 0) is 12.0 Å². The van der Waals surface area contributed by atoms with Crippen molar-refractivity contribution in [1.29, 1.82) is 0 Å². The van der Waals surface area contributed by atoms with Crippen LogP contribution in [-0.4, -0.2) is 26.8 Å². The summed E-state index contributed by atoms with van der Waals surface area (Å²) < 4.78 is 10.7. The van der Waals surface area contributed by atoms with Crippen molar-refractivity contribution in [3.05, 3.63) is 59.2 Å². The number of ether oxygens (including phenoxy) is 2. The molecule has 0 atom stereocenters. The molecule has 0 aromatic heterocycles. The first kappa shape index (κ1) is 18.1. The van der Waals surface area contributed by atoms with E-state index < -0.39 is 0 Å². The van der Waals surface area contributed by atoms with Crippen molar-refractivity contribution >= 4 is 6.03 Å². The molecule has 2 N–H and O–H groups in total. The highest BCUT2D eigenvalue weighted by atomic mass is 16.5. The summed E-state index contributed by atoms with van der Waals surface area (Å²) in [6.45, 7) is 3.19. The Morgan fingerprint density at radius 1 is 1.00 bits per heavy atom. The van der Waals surface area contributed by atoms with Crippen molar-refractivity contribution in [1.82, 2.24) is 10.6 Å². The first-order valence-corrected chi connectivity index (χ1v) is 8.86. The first-order valence-electron chi connectivity index (χ1n) is 8.86. The van der Waals surface area contributed by atoms with E-state index in [1.54, 1.807) is 14.2 Å². The minimum absolute atomic E-state index is 0.000744. The molecule has 26 heavy (non-hydrogen) atoms. The van der Waals surface area contributed by atoms with Gasteiger partial charge in [-0.1, -0.05) is 35.9 Å². The Kier molecular flexibility index (Phi) is 5.35. The minimum atomic E-state index is -0.141. The van der Waals surface area contributed by atoms with Crippen molar-refractivity contribution in [3.8, 4) is 11.5 Å². The van der Waals surface area contributed by atoms with Gasteiger partial charge in [-0.05, 0) is 43.0 Å². The second-order valence-corrected chi connectivity index (χ2v) is 6.87. The monoisotopic (exact) mass is 354 g/mol. The molecule has 0 bridgehead atoms. The fraction of sp³-hybridized carbons (Fsp3) is 0.381. The van der Waals surface area contributed by atoms with Gasteiger partial charge in [0.15, 0.2) is 11.5 Å². The van der Waals surface area contributed by atoms with Crippen molar-refractivity contribution in [2.75, 3.05) is 20.8 Å². The number of aryl methyl sites for hydroxylation is 1. The highest BCUT2D eigenvalue weighted by Crippen LogP contribution is 2.49. The van der Waals surface area contributed by atoms with Crippen LogP contribution in [0, 0.1) is 6.92 Å². The van der Waals surface area contributed by atoms with Crippen LogP contribution in [0.4, 0.5) is 4.79 Å². The van der Waals surface area contributed by atoms with E-state index in [0.29, 0.717) is 13.1 Å². The van der Waals surface area contributed by atoms with Gasteiger partial charge in [0, 0.05) is 18.5 Å². The molecular formula is C21H26N2O3. The number of urea groups is 1.